The molecule has 11 nitrogen and oxygen atoms in total. The van der Waals surface area contributed by atoms with Crippen LogP contribution in [0.15, 0.2) is 73.8 Å². The number of fused-ring (bicyclic) bond motifs is 3. The zero-order valence-electron chi connectivity index (χ0n) is 25.5. The fourth-order valence-corrected chi connectivity index (χ4v) is 5.10. The molecular formula is C34H43N3O8. The number of allylic oxidation sites excluding steroid dienone is 2. The molecule has 0 radical (unpaired) electrons. The monoisotopic (exact) mass is 621 g/mol. The first-order valence-corrected chi connectivity index (χ1v) is 15.1. The van der Waals surface area contributed by atoms with E-state index in [1.165, 1.54) is 0 Å². The third kappa shape index (κ3) is 10.9. The van der Waals surface area contributed by atoms with Crippen molar-refractivity contribution in [2.45, 2.75) is 37.6 Å². The molecule has 3 rings (SSSR count). The van der Waals surface area contributed by atoms with Crippen molar-refractivity contribution in [3.05, 3.63) is 85.0 Å². The highest BCUT2D eigenvalue weighted by Crippen LogP contribution is 2.44. The lowest BCUT2D eigenvalue weighted by Gasteiger charge is -2.19. The van der Waals surface area contributed by atoms with Gasteiger partial charge in [0.25, 0.3) is 0 Å². The Hall–Kier alpha value is -4.48. The van der Waals surface area contributed by atoms with Crippen LogP contribution >= 0.6 is 0 Å². The van der Waals surface area contributed by atoms with Gasteiger partial charge in [-0.15, -0.1) is 13.2 Å². The molecule has 1 aliphatic rings. The van der Waals surface area contributed by atoms with Gasteiger partial charge in [-0.05, 0) is 41.5 Å². The van der Waals surface area contributed by atoms with E-state index in [0.29, 0.717) is 6.42 Å². The highest BCUT2D eigenvalue weighted by molar-refractivity contribution is 5.86. The van der Waals surface area contributed by atoms with Crippen LogP contribution in [0.5, 0.6) is 0 Å². The average Bonchev–Trinajstić information content (AvgIpc) is 3.37. The zero-order chi connectivity index (χ0) is 32.4. The summed E-state index contributed by atoms with van der Waals surface area (Å²) in [7, 11) is 0. The van der Waals surface area contributed by atoms with E-state index in [2.05, 4.69) is 29.1 Å². The van der Waals surface area contributed by atoms with Crippen LogP contribution in [-0.2, 0) is 28.6 Å². The van der Waals surface area contributed by atoms with Crippen molar-refractivity contribution >= 4 is 23.9 Å². The largest absolute Gasteiger partial charge is 0.462 e. The highest BCUT2D eigenvalue weighted by atomic mass is 16.6. The quantitative estimate of drug-likeness (QED) is 0.1000. The summed E-state index contributed by atoms with van der Waals surface area (Å²) in [4.78, 5) is 50.5. The van der Waals surface area contributed by atoms with Crippen LogP contribution in [0.4, 0.5) is 4.79 Å². The molecule has 45 heavy (non-hydrogen) atoms. The van der Waals surface area contributed by atoms with Crippen molar-refractivity contribution in [2.24, 2.45) is 5.92 Å². The van der Waals surface area contributed by atoms with Gasteiger partial charge in [-0.1, -0.05) is 60.7 Å². The molecule has 0 aromatic heterocycles. The van der Waals surface area contributed by atoms with Gasteiger partial charge in [0.05, 0.1) is 32.3 Å². The van der Waals surface area contributed by atoms with Crippen LogP contribution in [0, 0.1) is 5.92 Å². The van der Waals surface area contributed by atoms with E-state index < -0.39 is 24.0 Å². The number of rotatable bonds is 20. The summed E-state index contributed by atoms with van der Waals surface area (Å²) in [6.45, 7) is 7.93. The first-order chi connectivity index (χ1) is 21.9. The summed E-state index contributed by atoms with van der Waals surface area (Å²) in [6, 6.07) is 15.1. The van der Waals surface area contributed by atoms with Crippen LogP contribution in [0.1, 0.15) is 42.7 Å². The van der Waals surface area contributed by atoms with E-state index in [-0.39, 0.29) is 83.1 Å². The number of alkyl carbamates (subject to hydrolysis) is 1. The number of carbonyl (C=O) groups is 4. The first-order valence-electron chi connectivity index (χ1n) is 15.1. The Bertz CT molecular complexity index is 1270. The second-order valence-corrected chi connectivity index (χ2v) is 10.5. The van der Waals surface area contributed by atoms with Gasteiger partial charge in [0.1, 0.15) is 19.3 Å². The van der Waals surface area contributed by atoms with Gasteiger partial charge in [-0.2, -0.15) is 0 Å². The standard InChI is InChI=1S/C34H43N3O8/c1-3-5-15-30(37-34(42)45-23-29-27-13-8-6-11-25(27)26-12-7-9-14-28(26)29)33(41)44-20-17-36-32(40)24(10-4-2)22-31(39)35-16-19-43-21-18-38/h3-4,6-9,11-14,24,29-30,38H,1-2,5,10,15-23H2,(H,35,39)(H,36,40)(H,37,42)/t24-,30+/m1/s1. The number of carbonyl (C=O) groups excluding carboxylic acids is 4. The first kappa shape index (κ1) is 35.0. The topological polar surface area (TPSA) is 152 Å². The Morgan fingerprint density at radius 2 is 1.53 bits per heavy atom. The van der Waals surface area contributed by atoms with Gasteiger partial charge in [0.15, 0.2) is 0 Å². The summed E-state index contributed by atoms with van der Waals surface area (Å²) in [5.74, 6) is -2.12. The minimum atomic E-state index is -0.965. The number of benzene rings is 2. The maximum absolute atomic E-state index is 12.8. The molecule has 2 atom stereocenters. The molecule has 2 aromatic rings. The van der Waals surface area contributed by atoms with Crippen molar-refractivity contribution in [3.8, 4) is 11.1 Å². The zero-order valence-corrected chi connectivity index (χ0v) is 25.5. The number of nitrogens with one attached hydrogen (secondary N) is 3. The van der Waals surface area contributed by atoms with E-state index in [1.54, 1.807) is 12.2 Å². The van der Waals surface area contributed by atoms with E-state index in [0.717, 1.165) is 22.3 Å². The second kappa shape index (κ2) is 19.0. The number of ether oxygens (including phenoxy) is 3. The Morgan fingerprint density at radius 1 is 0.867 bits per heavy atom. The SMILES string of the molecule is C=CCC[C@H](NC(=O)OCC1c2ccccc2-c2ccccc21)C(=O)OCCNC(=O)[C@H](CC=C)CC(=O)NCCOCCO. The van der Waals surface area contributed by atoms with Gasteiger partial charge < -0.3 is 35.3 Å². The Morgan fingerprint density at radius 3 is 2.18 bits per heavy atom. The summed E-state index contributed by atoms with van der Waals surface area (Å²) in [5, 5.41) is 16.7. The van der Waals surface area contributed by atoms with Crippen LogP contribution in [0.25, 0.3) is 11.1 Å². The summed E-state index contributed by atoms with van der Waals surface area (Å²) in [5.41, 5.74) is 4.38. The molecular weight excluding hydrogens is 578 g/mol. The highest BCUT2D eigenvalue weighted by Gasteiger charge is 2.30. The Kier molecular flexibility index (Phi) is 14.8. The number of amides is 3. The van der Waals surface area contributed by atoms with Crippen LogP contribution in [0.2, 0.25) is 0 Å². The van der Waals surface area contributed by atoms with Gasteiger partial charge in [-0.3, -0.25) is 9.59 Å². The predicted molar refractivity (Wildman–Crippen MR) is 169 cm³/mol. The molecule has 0 fully saturated rings. The smallest absolute Gasteiger partial charge is 0.407 e. The number of hydrogen-bond donors (Lipinski definition) is 4. The molecule has 0 saturated carbocycles. The fourth-order valence-electron chi connectivity index (χ4n) is 5.10. The van der Waals surface area contributed by atoms with Crippen molar-refractivity contribution in [1.29, 1.82) is 0 Å². The maximum Gasteiger partial charge on any atom is 0.407 e. The molecule has 0 saturated heterocycles. The van der Waals surface area contributed by atoms with E-state index in [9.17, 15) is 19.2 Å². The number of aliphatic hydroxyl groups is 1. The van der Waals surface area contributed by atoms with Crippen LogP contribution in [-0.4, -0.2) is 81.1 Å². The minimum absolute atomic E-state index is 0.0218. The predicted octanol–water partition coefficient (Wildman–Crippen LogP) is 3.23. The van der Waals surface area contributed by atoms with E-state index in [1.807, 2.05) is 48.5 Å². The summed E-state index contributed by atoms with van der Waals surface area (Å²) >= 11 is 0. The Balaban J connectivity index is 1.44. The summed E-state index contributed by atoms with van der Waals surface area (Å²) < 4.78 is 16.0. The second-order valence-electron chi connectivity index (χ2n) is 10.5. The molecule has 2 aromatic carbocycles. The number of esters is 1. The van der Waals surface area contributed by atoms with Crippen LogP contribution < -0.4 is 16.0 Å². The van der Waals surface area contributed by atoms with Crippen molar-refractivity contribution in [2.75, 3.05) is 46.1 Å². The number of aliphatic hydroxyl groups excluding tert-OH is 1. The normalized spacial score (nSPS) is 13.0. The minimum Gasteiger partial charge on any atom is -0.462 e. The van der Waals surface area contributed by atoms with Gasteiger partial charge in [-0.25, -0.2) is 9.59 Å². The van der Waals surface area contributed by atoms with Gasteiger partial charge >= 0.3 is 12.1 Å². The molecule has 0 aliphatic heterocycles. The number of hydrogen-bond acceptors (Lipinski definition) is 8. The molecule has 0 heterocycles. The molecule has 4 N–H and O–H groups in total. The third-order valence-electron chi connectivity index (χ3n) is 7.28. The maximum atomic E-state index is 12.8. The Labute approximate surface area is 264 Å². The van der Waals surface area contributed by atoms with Crippen molar-refractivity contribution in [3.63, 3.8) is 0 Å². The van der Waals surface area contributed by atoms with E-state index in [4.69, 9.17) is 19.3 Å². The lowest BCUT2D eigenvalue weighted by atomic mass is 9.98. The molecule has 1 aliphatic carbocycles. The van der Waals surface area contributed by atoms with Crippen LogP contribution in [0.3, 0.4) is 0 Å². The van der Waals surface area contributed by atoms with Crippen molar-refractivity contribution < 1.29 is 38.5 Å². The average molecular weight is 622 g/mol. The molecule has 0 spiro atoms. The van der Waals surface area contributed by atoms with Gasteiger partial charge in [0, 0.05) is 18.9 Å². The molecule has 3 amide bonds. The third-order valence-corrected chi connectivity index (χ3v) is 7.28. The molecule has 0 unspecified atom stereocenters. The molecule has 11 heteroatoms. The van der Waals surface area contributed by atoms with Gasteiger partial charge in [0.2, 0.25) is 11.8 Å². The van der Waals surface area contributed by atoms with Crippen molar-refractivity contribution in [1.82, 2.24) is 16.0 Å². The molecule has 242 valence electrons. The van der Waals surface area contributed by atoms with E-state index >= 15 is 0 Å². The lowest BCUT2D eigenvalue weighted by molar-refractivity contribution is -0.146. The summed E-state index contributed by atoms with van der Waals surface area (Å²) in [6.07, 6.45) is 3.42. The fraction of sp³-hybridized carbons (Fsp3) is 0.412. The molecule has 0 bridgehead atoms. The lowest BCUT2D eigenvalue weighted by Crippen LogP contribution is -2.43.